The van der Waals surface area contributed by atoms with Crippen molar-refractivity contribution in [2.24, 2.45) is 0 Å². The van der Waals surface area contributed by atoms with Crippen molar-refractivity contribution >= 4 is 11.7 Å². The third-order valence-corrected chi connectivity index (χ3v) is 4.83. The molecule has 2 amide bonds. The number of anilines is 1. The van der Waals surface area contributed by atoms with Gasteiger partial charge in [-0.05, 0) is 32.1 Å². The summed E-state index contributed by atoms with van der Waals surface area (Å²) < 4.78 is 6.99. The highest BCUT2D eigenvalue weighted by molar-refractivity contribution is 5.90. The van der Waals surface area contributed by atoms with Crippen molar-refractivity contribution < 1.29 is 9.32 Å². The van der Waals surface area contributed by atoms with Gasteiger partial charge in [0.25, 0.3) is 0 Å². The zero-order valence-corrected chi connectivity index (χ0v) is 13.9. The summed E-state index contributed by atoms with van der Waals surface area (Å²) in [6.07, 6.45) is 8.66. The second kappa shape index (κ2) is 6.30. The standard InChI is InChI=1S/C17H23N5O2/c1-2-8-22-16(12-5-6-12)14(11-18-22)19-17(23)21-9-3-4-15(21)13-7-10-24-20-13/h7,10-12,15H,2-6,8-9H2,1H3,(H,19,23)/t15-/m1/s1. The summed E-state index contributed by atoms with van der Waals surface area (Å²) in [5.74, 6) is 0.541. The summed E-state index contributed by atoms with van der Waals surface area (Å²) in [4.78, 5) is 14.7. The van der Waals surface area contributed by atoms with Crippen LogP contribution in [0.5, 0.6) is 0 Å². The van der Waals surface area contributed by atoms with Crippen LogP contribution < -0.4 is 5.32 Å². The van der Waals surface area contributed by atoms with Crippen molar-refractivity contribution in [3.05, 3.63) is 29.9 Å². The van der Waals surface area contributed by atoms with E-state index in [9.17, 15) is 4.79 Å². The lowest BCUT2D eigenvalue weighted by molar-refractivity contribution is 0.204. The first-order valence-electron chi connectivity index (χ1n) is 8.81. The van der Waals surface area contributed by atoms with E-state index in [1.54, 1.807) is 12.5 Å². The SMILES string of the molecule is CCCn1ncc(NC(=O)N2CCC[C@@H]2c2ccon2)c1C1CC1. The molecule has 1 aliphatic heterocycles. The molecule has 24 heavy (non-hydrogen) atoms. The van der Waals surface area contributed by atoms with Gasteiger partial charge in [-0.2, -0.15) is 5.10 Å². The zero-order chi connectivity index (χ0) is 16.5. The van der Waals surface area contributed by atoms with Gasteiger partial charge in [0.1, 0.15) is 12.0 Å². The Balaban J connectivity index is 1.52. The van der Waals surface area contributed by atoms with Crippen molar-refractivity contribution in [1.29, 1.82) is 0 Å². The number of carbonyl (C=O) groups is 1. The Labute approximate surface area is 141 Å². The first kappa shape index (κ1) is 15.2. The van der Waals surface area contributed by atoms with Crippen LogP contribution in [0, 0.1) is 0 Å². The maximum Gasteiger partial charge on any atom is 0.322 e. The van der Waals surface area contributed by atoms with E-state index in [0.29, 0.717) is 5.92 Å². The van der Waals surface area contributed by atoms with Crippen LogP contribution in [-0.2, 0) is 6.54 Å². The van der Waals surface area contributed by atoms with Gasteiger partial charge in [-0.25, -0.2) is 4.79 Å². The van der Waals surface area contributed by atoms with Crippen LogP contribution in [0.15, 0.2) is 23.0 Å². The van der Waals surface area contributed by atoms with Gasteiger partial charge in [0.15, 0.2) is 0 Å². The second-order valence-corrected chi connectivity index (χ2v) is 6.65. The molecule has 1 aliphatic carbocycles. The number of hydrogen-bond donors (Lipinski definition) is 1. The lowest BCUT2D eigenvalue weighted by Gasteiger charge is -2.23. The van der Waals surface area contributed by atoms with E-state index in [1.165, 1.54) is 18.5 Å². The molecule has 1 atom stereocenters. The van der Waals surface area contributed by atoms with E-state index in [2.05, 4.69) is 22.5 Å². The van der Waals surface area contributed by atoms with Crippen LogP contribution in [0.1, 0.15) is 62.4 Å². The fourth-order valence-corrected chi connectivity index (χ4v) is 3.57. The molecular formula is C17H23N5O2. The predicted molar refractivity (Wildman–Crippen MR) is 88.7 cm³/mol. The molecule has 0 spiro atoms. The number of nitrogens with one attached hydrogen (secondary N) is 1. The monoisotopic (exact) mass is 329 g/mol. The largest absolute Gasteiger partial charge is 0.364 e. The molecule has 1 saturated carbocycles. The van der Waals surface area contributed by atoms with Gasteiger partial charge in [0.05, 0.1) is 23.6 Å². The Morgan fingerprint density at radius 1 is 1.42 bits per heavy atom. The number of carbonyl (C=O) groups excluding carboxylic acids is 1. The highest BCUT2D eigenvalue weighted by Crippen LogP contribution is 2.43. The summed E-state index contributed by atoms with van der Waals surface area (Å²) in [6, 6.07) is 1.77. The molecule has 128 valence electrons. The molecule has 7 heteroatoms. The molecule has 0 radical (unpaired) electrons. The highest BCUT2D eigenvalue weighted by Gasteiger charge is 2.34. The topological polar surface area (TPSA) is 76.2 Å². The van der Waals surface area contributed by atoms with Gasteiger partial charge in [0, 0.05) is 25.1 Å². The molecule has 1 N–H and O–H groups in total. The minimum atomic E-state index is -0.0709. The Hall–Kier alpha value is -2.31. The molecular weight excluding hydrogens is 306 g/mol. The lowest BCUT2D eigenvalue weighted by atomic mass is 10.1. The molecule has 3 heterocycles. The average molecular weight is 329 g/mol. The van der Waals surface area contributed by atoms with Gasteiger partial charge < -0.3 is 14.7 Å². The van der Waals surface area contributed by atoms with E-state index in [-0.39, 0.29) is 12.1 Å². The highest BCUT2D eigenvalue weighted by atomic mass is 16.5. The van der Waals surface area contributed by atoms with Crippen molar-refractivity contribution in [1.82, 2.24) is 19.8 Å². The summed E-state index contributed by atoms with van der Waals surface area (Å²) in [7, 11) is 0. The predicted octanol–water partition coefficient (Wildman–Crippen LogP) is 3.53. The Kier molecular flexibility index (Phi) is 4.00. The lowest BCUT2D eigenvalue weighted by Crippen LogP contribution is -2.34. The van der Waals surface area contributed by atoms with E-state index < -0.39 is 0 Å². The summed E-state index contributed by atoms with van der Waals surface area (Å²) in [5, 5.41) is 11.6. The molecule has 2 aromatic heterocycles. The summed E-state index contributed by atoms with van der Waals surface area (Å²) in [6.45, 7) is 3.78. The van der Waals surface area contributed by atoms with Gasteiger partial charge in [-0.15, -0.1) is 0 Å². The number of hydrogen-bond acceptors (Lipinski definition) is 4. The molecule has 2 aliphatic rings. The van der Waals surface area contributed by atoms with Crippen molar-refractivity contribution in [3.8, 4) is 0 Å². The molecule has 2 fully saturated rings. The number of urea groups is 1. The number of nitrogens with zero attached hydrogens (tertiary/aromatic N) is 4. The van der Waals surface area contributed by atoms with E-state index >= 15 is 0 Å². The van der Waals surface area contributed by atoms with Crippen molar-refractivity contribution in [3.63, 3.8) is 0 Å². The van der Waals surface area contributed by atoms with Crippen LogP contribution in [0.2, 0.25) is 0 Å². The normalized spacial score (nSPS) is 20.5. The summed E-state index contributed by atoms with van der Waals surface area (Å²) in [5.41, 5.74) is 2.87. The minimum absolute atomic E-state index is 0.00110. The molecule has 2 aromatic rings. The fourth-order valence-electron chi connectivity index (χ4n) is 3.57. The number of aryl methyl sites for hydroxylation is 1. The van der Waals surface area contributed by atoms with Crippen LogP contribution in [0.4, 0.5) is 10.5 Å². The molecule has 7 nitrogen and oxygen atoms in total. The summed E-state index contributed by atoms with van der Waals surface area (Å²) >= 11 is 0. The van der Waals surface area contributed by atoms with E-state index in [0.717, 1.165) is 43.7 Å². The Morgan fingerprint density at radius 2 is 2.29 bits per heavy atom. The van der Waals surface area contributed by atoms with Gasteiger partial charge in [-0.1, -0.05) is 12.1 Å². The maximum absolute atomic E-state index is 12.8. The smallest absolute Gasteiger partial charge is 0.322 e. The molecule has 0 unspecified atom stereocenters. The Morgan fingerprint density at radius 3 is 3.00 bits per heavy atom. The van der Waals surface area contributed by atoms with Crippen molar-refractivity contribution in [2.75, 3.05) is 11.9 Å². The number of aromatic nitrogens is 3. The van der Waals surface area contributed by atoms with Gasteiger partial charge in [-0.3, -0.25) is 4.68 Å². The van der Waals surface area contributed by atoms with Crippen LogP contribution in [-0.4, -0.2) is 32.4 Å². The number of likely N-dealkylation sites (tertiary alicyclic amines) is 1. The zero-order valence-electron chi connectivity index (χ0n) is 13.9. The Bertz CT molecular complexity index is 705. The van der Waals surface area contributed by atoms with E-state index in [4.69, 9.17) is 4.52 Å². The number of amides is 2. The second-order valence-electron chi connectivity index (χ2n) is 6.65. The average Bonchev–Trinajstić information content (AvgIpc) is 3.00. The van der Waals surface area contributed by atoms with Gasteiger partial charge in [0.2, 0.25) is 0 Å². The molecule has 1 saturated heterocycles. The van der Waals surface area contributed by atoms with Crippen LogP contribution in [0.25, 0.3) is 0 Å². The molecule has 0 aromatic carbocycles. The van der Waals surface area contributed by atoms with Crippen molar-refractivity contribution in [2.45, 2.75) is 57.5 Å². The first-order valence-corrected chi connectivity index (χ1v) is 8.81. The molecule has 4 rings (SSSR count). The third-order valence-electron chi connectivity index (χ3n) is 4.83. The third kappa shape index (κ3) is 2.79. The fraction of sp³-hybridized carbons (Fsp3) is 0.588. The maximum atomic E-state index is 12.8. The van der Waals surface area contributed by atoms with Gasteiger partial charge >= 0.3 is 6.03 Å². The van der Waals surface area contributed by atoms with E-state index in [1.807, 2.05) is 15.6 Å². The molecule has 0 bridgehead atoms. The quantitative estimate of drug-likeness (QED) is 0.910. The minimum Gasteiger partial charge on any atom is -0.364 e. The van der Waals surface area contributed by atoms with Crippen LogP contribution in [0.3, 0.4) is 0 Å². The first-order chi connectivity index (χ1) is 11.8. The van der Waals surface area contributed by atoms with Crippen LogP contribution >= 0.6 is 0 Å². The number of rotatable bonds is 5.